The fraction of sp³-hybridized carbons (Fsp3) is 0.429. The SMILES string of the molecule is C[C@H](C(=O)NC(N)=O)N1CCO[C@@H](c2ccccc2Cl)C1. The van der Waals surface area contributed by atoms with Crippen molar-refractivity contribution in [3.05, 3.63) is 34.9 Å². The topological polar surface area (TPSA) is 84.7 Å². The number of hydrogen-bond acceptors (Lipinski definition) is 4. The Morgan fingerprint density at radius 1 is 1.48 bits per heavy atom. The largest absolute Gasteiger partial charge is 0.371 e. The molecule has 0 spiro atoms. The van der Waals surface area contributed by atoms with Crippen LogP contribution in [0.15, 0.2) is 24.3 Å². The highest BCUT2D eigenvalue weighted by Crippen LogP contribution is 2.28. The maximum absolute atomic E-state index is 11.8. The minimum Gasteiger partial charge on any atom is -0.371 e. The second-order valence-corrected chi connectivity index (χ2v) is 5.31. The van der Waals surface area contributed by atoms with E-state index in [0.29, 0.717) is 24.7 Å². The number of urea groups is 1. The zero-order valence-electron chi connectivity index (χ0n) is 11.7. The van der Waals surface area contributed by atoms with E-state index in [4.69, 9.17) is 22.1 Å². The molecule has 1 aliphatic rings. The number of carbonyl (C=O) groups is 2. The Morgan fingerprint density at radius 2 is 2.19 bits per heavy atom. The number of nitrogens with zero attached hydrogens (tertiary/aromatic N) is 1. The van der Waals surface area contributed by atoms with Gasteiger partial charge < -0.3 is 10.5 Å². The molecule has 1 aromatic rings. The number of hydrogen-bond donors (Lipinski definition) is 2. The number of amides is 3. The van der Waals surface area contributed by atoms with Crippen LogP contribution in [-0.4, -0.2) is 42.6 Å². The molecule has 0 aliphatic carbocycles. The summed E-state index contributed by atoms with van der Waals surface area (Å²) in [5.41, 5.74) is 5.86. The van der Waals surface area contributed by atoms with E-state index in [1.165, 1.54) is 0 Å². The van der Waals surface area contributed by atoms with Gasteiger partial charge in [-0.05, 0) is 13.0 Å². The van der Waals surface area contributed by atoms with Gasteiger partial charge in [-0.25, -0.2) is 4.79 Å². The summed E-state index contributed by atoms with van der Waals surface area (Å²) < 4.78 is 5.74. The second kappa shape index (κ2) is 6.89. The van der Waals surface area contributed by atoms with E-state index in [-0.39, 0.29) is 6.10 Å². The highest BCUT2D eigenvalue weighted by Gasteiger charge is 2.29. The Morgan fingerprint density at radius 3 is 2.86 bits per heavy atom. The highest BCUT2D eigenvalue weighted by atomic mass is 35.5. The van der Waals surface area contributed by atoms with E-state index in [9.17, 15) is 9.59 Å². The normalized spacial score (nSPS) is 20.8. The van der Waals surface area contributed by atoms with Crippen molar-refractivity contribution in [2.45, 2.75) is 19.1 Å². The standard InChI is InChI=1S/C14H18ClN3O3/c1-9(13(19)17-14(16)20)18-6-7-21-12(8-18)10-4-2-3-5-11(10)15/h2-5,9,12H,6-8H2,1H3,(H3,16,17,19,20)/t9-,12-/m1/s1. The number of carbonyl (C=O) groups excluding carboxylic acids is 2. The molecule has 3 N–H and O–H groups in total. The van der Waals surface area contributed by atoms with Crippen LogP contribution in [0.4, 0.5) is 4.79 Å². The molecule has 1 aliphatic heterocycles. The minimum atomic E-state index is -0.845. The lowest BCUT2D eigenvalue weighted by Gasteiger charge is -2.36. The van der Waals surface area contributed by atoms with Crippen LogP contribution in [0.3, 0.4) is 0 Å². The Labute approximate surface area is 128 Å². The quantitative estimate of drug-likeness (QED) is 0.881. The fourth-order valence-corrected chi connectivity index (χ4v) is 2.59. The van der Waals surface area contributed by atoms with Gasteiger partial charge in [-0.1, -0.05) is 29.8 Å². The first-order valence-electron chi connectivity index (χ1n) is 6.69. The second-order valence-electron chi connectivity index (χ2n) is 4.91. The number of rotatable bonds is 3. The van der Waals surface area contributed by atoms with Crippen molar-refractivity contribution in [2.24, 2.45) is 5.73 Å². The van der Waals surface area contributed by atoms with Crippen LogP contribution in [0.25, 0.3) is 0 Å². The van der Waals surface area contributed by atoms with Gasteiger partial charge in [-0.2, -0.15) is 0 Å². The van der Waals surface area contributed by atoms with E-state index >= 15 is 0 Å². The van der Waals surface area contributed by atoms with Gasteiger partial charge in [-0.15, -0.1) is 0 Å². The molecule has 0 radical (unpaired) electrons. The van der Waals surface area contributed by atoms with Gasteiger partial charge in [0, 0.05) is 23.7 Å². The van der Waals surface area contributed by atoms with Crippen molar-refractivity contribution in [3.8, 4) is 0 Å². The van der Waals surface area contributed by atoms with Gasteiger partial charge in [0.25, 0.3) is 0 Å². The molecule has 7 heteroatoms. The molecule has 2 rings (SSSR count). The molecule has 114 valence electrons. The van der Waals surface area contributed by atoms with Crippen LogP contribution >= 0.6 is 11.6 Å². The molecule has 6 nitrogen and oxygen atoms in total. The van der Waals surface area contributed by atoms with Crippen molar-refractivity contribution in [1.82, 2.24) is 10.2 Å². The summed E-state index contributed by atoms with van der Waals surface area (Å²) in [7, 11) is 0. The molecule has 0 aromatic heterocycles. The fourth-order valence-electron chi connectivity index (χ4n) is 2.34. The number of nitrogens with one attached hydrogen (secondary N) is 1. The Kier molecular flexibility index (Phi) is 5.17. The van der Waals surface area contributed by atoms with Crippen LogP contribution in [-0.2, 0) is 9.53 Å². The van der Waals surface area contributed by atoms with Crippen molar-refractivity contribution >= 4 is 23.5 Å². The third-order valence-electron chi connectivity index (χ3n) is 3.52. The first-order chi connectivity index (χ1) is 9.99. The first kappa shape index (κ1) is 15.8. The molecule has 1 aromatic carbocycles. The van der Waals surface area contributed by atoms with Gasteiger partial charge in [0.1, 0.15) is 0 Å². The Hall–Kier alpha value is -1.63. The summed E-state index contributed by atoms with van der Waals surface area (Å²) in [5.74, 6) is -0.415. The summed E-state index contributed by atoms with van der Waals surface area (Å²) >= 11 is 6.18. The van der Waals surface area contributed by atoms with Crippen LogP contribution < -0.4 is 11.1 Å². The molecule has 2 atom stereocenters. The van der Waals surface area contributed by atoms with Crippen molar-refractivity contribution in [3.63, 3.8) is 0 Å². The number of primary amides is 1. The van der Waals surface area contributed by atoms with Crippen molar-refractivity contribution < 1.29 is 14.3 Å². The van der Waals surface area contributed by atoms with Gasteiger partial charge in [0.2, 0.25) is 5.91 Å². The molecular formula is C14H18ClN3O3. The molecule has 1 fully saturated rings. The maximum atomic E-state index is 11.8. The molecule has 21 heavy (non-hydrogen) atoms. The molecule has 3 amide bonds. The van der Waals surface area contributed by atoms with Gasteiger partial charge in [0.15, 0.2) is 0 Å². The molecule has 0 saturated carbocycles. The summed E-state index contributed by atoms with van der Waals surface area (Å²) in [4.78, 5) is 24.5. The highest BCUT2D eigenvalue weighted by molar-refractivity contribution is 6.31. The molecular weight excluding hydrogens is 294 g/mol. The van der Waals surface area contributed by atoms with E-state index in [0.717, 1.165) is 5.56 Å². The lowest BCUT2D eigenvalue weighted by molar-refractivity contribution is -0.128. The molecule has 0 bridgehead atoms. The monoisotopic (exact) mass is 311 g/mol. The van der Waals surface area contributed by atoms with Crippen molar-refractivity contribution in [2.75, 3.05) is 19.7 Å². The molecule has 1 heterocycles. The first-order valence-corrected chi connectivity index (χ1v) is 7.07. The molecule has 0 unspecified atom stereocenters. The van der Waals surface area contributed by atoms with E-state index in [2.05, 4.69) is 5.32 Å². The van der Waals surface area contributed by atoms with Gasteiger partial charge >= 0.3 is 6.03 Å². The van der Waals surface area contributed by atoms with E-state index < -0.39 is 18.0 Å². The summed E-state index contributed by atoms with van der Waals surface area (Å²) in [6.45, 7) is 3.35. The number of benzene rings is 1. The number of halogens is 1. The number of ether oxygens (including phenoxy) is 1. The average Bonchev–Trinajstić information content (AvgIpc) is 2.46. The predicted molar refractivity (Wildman–Crippen MR) is 78.9 cm³/mol. The third kappa shape index (κ3) is 3.93. The van der Waals surface area contributed by atoms with Gasteiger partial charge in [-0.3, -0.25) is 15.0 Å². The summed E-state index contributed by atoms with van der Waals surface area (Å²) in [6, 6.07) is 6.16. The lowest BCUT2D eigenvalue weighted by Crippen LogP contribution is -2.52. The zero-order chi connectivity index (χ0) is 15.4. The Bertz CT molecular complexity index is 538. The lowest BCUT2D eigenvalue weighted by atomic mass is 10.1. The van der Waals surface area contributed by atoms with Crippen LogP contribution in [0.2, 0.25) is 5.02 Å². The van der Waals surface area contributed by atoms with Crippen molar-refractivity contribution in [1.29, 1.82) is 0 Å². The van der Waals surface area contributed by atoms with Crippen LogP contribution in [0.1, 0.15) is 18.6 Å². The summed E-state index contributed by atoms with van der Waals surface area (Å²) in [5, 5.41) is 2.73. The average molecular weight is 312 g/mol. The minimum absolute atomic E-state index is 0.198. The van der Waals surface area contributed by atoms with E-state index in [1.54, 1.807) is 6.92 Å². The molecule has 1 saturated heterocycles. The number of imide groups is 1. The maximum Gasteiger partial charge on any atom is 0.318 e. The third-order valence-corrected chi connectivity index (χ3v) is 3.87. The van der Waals surface area contributed by atoms with Crippen LogP contribution in [0, 0.1) is 0 Å². The van der Waals surface area contributed by atoms with Gasteiger partial charge in [0.05, 0.1) is 18.8 Å². The Balaban J connectivity index is 2.05. The number of morpholine rings is 1. The number of nitrogens with two attached hydrogens (primary N) is 1. The predicted octanol–water partition coefficient (Wildman–Crippen LogP) is 1.30. The summed E-state index contributed by atoms with van der Waals surface area (Å²) in [6.07, 6.45) is -0.198. The zero-order valence-corrected chi connectivity index (χ0v) is 12.5. The smallest absolute Gasteiger partial charge is 0.318 e. The van der Waals surface area contributed by atoms with Crippen LogP contribution in [0.5, 0.6) is 0 Å². The van der Waals surface area contributed by atoms with E-state index in [1.807, 2.05) is 29.2 Å².